The molecule has 1 saturated heterocycles. The molecule has 2 aromatic rings. The van der Waals surface area contributed by atoms with Gasteiger partial charge in [0.05, 0.1) is 17.0 Å². The number of hydrogen-bond acceptors (Lipinski definition) is 4. The van der Waals surface area contributed by atoms with E-state index in [1.54, 1.807) is 19.1 Å². The second-order valence-electron chi connectivity index (χ2n) is 8.08. The minimum absolute atomic E-state index is 0.0391. The summed E-state index contributed by atoms with van der Waals surface area (Å²) in [5.74, 6) is -0.621. The number of imide groups is 1. The van der Waals surface area contributed by atoms with E-state index in [0.29, 0.717) is 23.0 Å². The summed E-state index contributed by atoms with van der Waals surface area (Å²) in [6, 6.07) is 11.5. The number of benzene rings is 2. The summed E-state index contributed by atoms with van der Waals surface area (Å²) >= 11 is 5.90. The molecule has 0 saturated carbocycles. The van der Waals surface area contributed by atoms with Crippen LogP contribution in [0.15, 0.2) is 53.4 Å². The van der Waals surface area contributed by atoms with Gasteiger partial charge in [-0.1, -0.05) is 44.5 Å². The smallest absolute Gasteiger partial charge is 0.252 e. The van der Waals surface area contributed by atoms with Gasteiger partial charge in [0.25, 0.3) is 5.91 Å². The number of anilines is 1. The Morgan fingerprint density at radius 1 is 1.03 bits per heavy atom. The average Bonchev–Trinajstić information content (AvgIpc) is 3.01. The Morgan fingerprint density at radius 2 is 1.61 bits per heavy atom. The van der Waals surface area contributed by atoms with Gasteiger partial charge < -0.3 is 0 Å². The molecule has 1 heterocycles. The lowest BCUT2D eigenvalue weighted by atomic mass is 10.0. The Hall–Kier alpha value is -2.22. The van der Waals surface area contributed by atoms with E-state index in [-0.39, 0.29) is 11.3 Å². The molecule has 166 valence electrons. The maximum absolute atomic E-state index is 13.4. The maximum Gasteiger partial charge on any atom is 0.252 e. The van der Waals surface area contributed by atoms with Crippen molar-refractivity contribution in [2.24, 2.45) is 0 Å². The van der Waals surface area contributed by atoms with Gasteiger partial charge in [-0.15, -0.1) is 0 Å². The van der Waals surface area contributed by atoms with E-state index in [9.17, 15) is 18.0 Å². The molecule has 1 fully saturated rings. The topological polar surface area (TPSA) is 74.8 Å². The SMILES string of the molecule is CCC(C)N(C1CC(=O)N(c2ccc(C(C)C)cc2)C1=O)S(=O)(=O)c1ccc(Cl)cc1. The summed E-state index contributed by atoms with van der Waals surface area (Å²) in [6.45, 7) is 7.70. The van der Waals surface area contributed by atoms with Crippen LogP contribution in [-0.4, -0.2) is 36.6 Å². The lowest BCUT2D eigenvalue weighted by Crippen LogP contribution is -2.49. The summed E-state index contributed by atoms with van der Waals surface area (Å²) in [4.78, 5) is 27.2. The van der Waals surface area contributed by atoms with E-state index in [1.165, 1.54) is 28.6 Å². The first kappa shape index (κ1) is 23.4. The van der Waals surface area contributed by atoms with Crippen molar-refractivity contribution in [3.63, 3.8) is 0 Å². The number of sulfonamides is 1. The molecule has 1 aliphatic rings. The van der Waals surface area contributed by atoms with Crippen molar-refractivity contribution in [1.29, 1.82) is 0 Å². The predicted octanol–water partition coefficient (Wildman–Crippen LogP) is 4.58. The van der Waals surface area contributed by atoms with Gasteiger partial charge in [0.15, 0.2) is 0 Å². The number of amides is 2. The fraction of sp³-hybridized carbons (Fsp3) is 0.391. The Bertz CT molecular complexity index is 1070. The molecule has 0 bridgehead atoms. The second kappa shape index (κ2) is 9.10. The standard InChI is InChI=1S/C23H27ClN2O4S/c1-5-16(4)26(31(29,30)20-12-8-18(24)9-13-20)21-14-22(27)25(23(21)28)19-10-6-17(7-11-19)15(2)3/h6-13,15-16,21H,5,14H2,1-4H3. The van der Waals surface area contributed by atoms with Crippen LogP contribution in [0, 0.1) is 0 Å². The number of rotatable bonds is 7. The molecule has 0 radical (unpaired) electrons. The molecular formula is C23H27ClN2O4S. The summed E-state index contributed by atoms with van der Waals surface area (Å²) in [7, 11) is -4.02. The monoisotopic (exact) mass is 462 g/mol. The molecule has 0 N–H and O–H groups in total. The summed E-state index contributed by atoms with van der Waals surface area (Å²) in [5, 5.41) is 0.414. The zero-order valence-electron chi connectivity index (χ0n) is 18.1. The molecule has 6 nitrogen and oxygen atoms in total. The number of halogens is 1. The first-order valence-corrected chi connectivity index (χ1v) is 12.2. The third-order valence-electron chi connectivity index (χ3n) is 5.66. The summed E-state index contributed by atoms with van der Waals surface area (Å²) in [5.41, 5.74) is 1.54. The van der Waals surface area contributed by atoms with Crippen LogP contribution >= 0.6 is 11.6 Å². The van der Waals surface area contributed by atoms with Gasteiger partial charge in [0.2, 0.25) is 15.9 Å². The van der Waals surface area contributed by atoms with Crippen LogP contribution in [0.3, 0.4) is 0 Å². The fourth-order valence-electron chi connectivity index (χ4n) is 3.71. The molecule has 31 heavy (non-hydrogen) atoms. The van der Waals surface area contributed by atoms with Crippen LogP contribution in [0.5, 0.6) is 0 Å². The third-order valence-corrected chi connectivity index (χ3v) is 7.95. The van der Waals surface area contributed by atoms with Gasteiger partial charge in [-0.2, -0.15) is 4.31 Å². The zero-order valence-corrected chi connectivity index (χ0v) is 19.7. The highest BCUT2D eigenvalue weighted by Crippen LogP contribution is 2.32. The minimum atomic E-state index is -4.02. The van der Waals surface area contributed by atoms with E-state index < -0.39 is 33.9 Å². The van der Waals surface area contributed by atoms with Crippen molar-refractivity contribution in [2.75, 3.05) is 4.90 Å². The molecule has 2 atom stereocenters. The lowest BCUT2D eigenvalue weighted by Gasteiger charge is -2.31. The number of hydrogen-bond donors (Lipinski definition) is 0. The molecule has 2 unspecified atom stereocenters. The highest BCUT2D eigenvalue weighted by Gasteiger charge is 2.48. The molecule has 0 spiro atoms. The minimum Gasteiger partial charge on any atom is -0.274 e. The highest BCUT2D eigenvalue weighted by atomic mass is 35.5. The van der Waals surface area contributed by atoms with Crippen molar-refractivity contribution in [2.45, 2.75) is 63.4 Å². The van der Waals surface area contributed by atoms with Gasteiger partial charge in [0, 0.05) is 11.1 Å². The van der Waals surface area contributed by atoms with Gasteiger partial charge in [-0.25, -0.2) is 13.3 Å². The van der Waals surface area contributed by atoms with Gasteiger partial charge in [-0.3, -0.25) is 9.59 Å². The quantitative estimate of drug-likeness (QED) is 0.564. The van der Waals surface area contributed by atoms with Crippen LogP contribution in [0.25, 0.3) is 0 Å². The second-order valence-corrected chi connectivity index (χ2v) is 10.4. The Kier molecular flexibility index (Phi) is 6.88. The third kappa shape index (κ3) is 4.54. The molecule has 2 amide bonds. The molecule has 1 aliphatic heterocycles. The lowest BCUT2D eigenvalue weighted by molar-refractivity contribution is -0.122. The number of nitrogens with zero attached hydrogens (tertiary/aromatic N) is 2. The normalized spacial score (nSPS) is 18.3. The molecule has 8 heteroatoms. The highest BCUT2D eigenvalue weighted by molar-refractivity contribution is 7.89. The molecule has 3 rings (SSSR count). The van der Waals surface area contributed by atoms with Crippen LogP contribution < -0.4 is 4.90 Å². The first-order chi connectivity index (χ1) is 14.6. The molecule has 2 aromatic carbocycles. The van der Waals surface area contributed by atoms with Crippen LogP contribution in [0.4, 0.5) is 5.69 Å². The van der Waals surface area contributed by atoms with Gasteiger partial charge in [-0.05, 0) is 61.2 Å². The largest absolute Gasteiger partial charge is 0.274 e. The first-order valence-electron chi connectivity index (χ1n) is 10.3. The predicted molar refractivity (Wildman–Crippen MR) is 122 cm³/mol. The van der Waals surface area contributed by atoms with Gasteiger partial charge >= 0.3 is 0 Å². The van der Waals surface area contributed by atoms with Crippen LogP contribution in [-0.2, 0) is 19.6 Å². The van der Waals surface area contributed by atoms with Crippen molar-refractivity contribution in [1.82, 2.24) is 4.31 Å². The van der Waals surface area contributed by atoms with Crippen LogP contribution in [0.1, 0.15) is 52.0 Å². The van der Waals surface area contributed by atoms with Crippen molar-refractivity contribution < 1.29 is 18.0 Å². The molecule has 0 aromatic heterocycles. The summed E-state index contributed by atoms with van der Waals surface area (Å²) in [6.07, 6.45) is 0.301. The van der Waals surface area contributed by atoms with E-state index in [0.717, 1.165) is 10.5 Å². The molecule has 0 aliphatic carbocycles. The zero-order chi connectivity index (χ0) is 22.9. The van der Waals surface area contributed by atoms with Gasteiger partial charge in [0.1, 0.15) is 6.04 Å². The van der Waals surface area contributed by atoms with Crippen molar-refractivity contribution in [3.8, 4) is 0 Å². The average molecular weight is 463 g/mol. The maximum atomic E-state index is 13.4. The van der Waals surface area contributed by atoms with Crippen molar-refractivity contribution >= 4 is 39.1 Å². The fourth-order valence-corrected chi connectivity index (χ4v) is 5.69. The van der Waals surface area contributed by atoms with E-state index in [2.05, 4.69) is 13.8 Å². The van der Waals surface area contributed by atoms with E-state index in [1.807, 2.05) is 19.1 Å². The van der Waals surface area contributed by atoms with E-state index in [4.69, 9.17) is 11.6 Å². The number of carbonyl (C=O) groups is 2. The van der Waals surface area contributed by atoms with Crippen molar-refractivity contribution in [3.05, 3.63) is 59.1 Å². The summed E-state index contributed by atoms with van der Waals surface area (Å²) < 4.78 is 28.1. The van der Waals surface area contributed by atoms with E-state index >= 15 is 0 Å². The number of carbonyl (C=O) groups excluding carboxylic acids is 2. The Labute approximate surface area is 188 Å². The Balaban J connectivity index is 1.98. The van der Waals surface area contributed by atoms with Crippen LogP contribution in [0.2, 0.25) is 5.02 Å². The molecular weight excluding hydrogens is 436 g/mol. The Morgan fingerprint density at radius 3 is 2.13 bits per heavy atom.